The topological polar surface area (TPSA) is 42.2 Å². The Morgan fingerprint density at radius 3 is 2.60 bits per heavy atom. The average molecular weight is 265 g/mol. The van der Waals surface area contributed by atoms with Crippen LogP contribution in [0.2, 0.25) is 0 Å². The maximum Gasteiger partial charge on any atom is 0.337 e. The largest absolute Gasteiger partial charge is 0.478 e. The number of aromatic carboxylic acids is 1. The van der Waals surface area contributed by atoms with Crippen molar-refractivity contribution in [1.82, 2.24) is 4.57 Å². The molecule has 3 rings (SSSR count). The fourth-order valence-corrected chi connectivity index (χ4v) is 2.56. The van der Waals surface area contributed by atoms with Crippen molar-refractivity contribution in [3.05, 3.63) is 71.5 Å². The lowest BCUT2D eigenvalue weighted by atomic mass is 10.0. The summed E-state index contributed by atoms with van der Waals surface area (Å²) in [6, 6.07) is 16.1. The minimum absolute atomic E-state index is 0.366. The number of carboxylic acid groups (broad SMARTS) is 1. The Labute approximate surface area is 117 Å². The van der Waals surface area contributed by atoms with Gasteiger partial charge < -0.3 is 9.67 Å². The van der Waals surface area contributed by atoms with Gasteiger partial charge in [-0.25, -0.2) is 4.79 Å². The summed E-state index contributed by atoms with van der Waals surface area (Å²) in [5, 5.41) is 11.5. The second-order valence-electron chi connectivity index (χ2n) is 4.89. The molecule has 20 heavy (non-hydrogen) atoms. The Morgan fingerprint density at radius 1 is 1.10 bits per heavy atom. The molecule has 0 radical (unpaired) electrons. The summed E-state index contributed by atoms with van der Waals surface area (Å²) in [5.41, 5.74) is 2.34. The predicted molar refractivity (Wildman–Crippen MR) is 79.2 cm³/mol. The minimum Gasteiger partial charge on any atom is -0.478 e. The number of carbonyl (C=O) groups is 1. The van der Waals surface area contributed by atoms with Crippen LogP contribution in [-0.4, -0.2) is 15.6 Å². The number of rotatable bonds is 3. The molecule has 1 aromatic heterocycles. The van der Waals surface area contributed by atoms with Crippen molar-refractivity contribution in [1.29, 1.82) is 0 Å². The average Bonchev–Trinajstić information content (AvgIpc) is 2.81. The van der Waals surface area contributed by atoms with Crippen molar-refractivity contribution in [3.63, 3.8) is 0 Å². The van der Waals surface area contributed by atoms with Gasteiger partial charge in [0.15, 0.2) is 0 Å². The third-order valence-corrected chi connectivity index (χ3v) is 3.69. The van der Waals surface area contributed by atoms with Crippen LogP contribution in [0.5, 0.6) is 0 Å². The molecule has 0 aliphatic rings. The van der Waals surface area contributed by atoms with Crippen LogP contribution in [0.15, 0.2) is 54.7 Å². The van der Waals surface area contributed by atoms with E-state index in [2.05, 4.69) is 24.3 Å². The third-order valence-electron chi connectivity index (χ3n) is 3.69. The molecular weight excluding hydrogens is 250 g/mol. The first-order valence-electron chi connectivity index (χ1n) is 6.52. The Balaban J connectivity index is 2.04. The van der Waals surface area contributed by atoms with Gasteiger partial charge in [0.2, 0.25) is 0 Å². The number of hydrogen-bond acceptors (Lipinski definition) is 1. The van der Waals surface area contributed by atoms with Crippen LogP contribution in [-0.2, 0) is 6.54 Å². The van der Waals surface area contributed by atoms with Crippen molar-refractivity contribution >= 4 is 16.7 Å². The molecule has 0 aliphatic carbocycles. The van der Waals surface area contributed by atoms with Crippen molar-refractivity contribution in [3.8, 4) is 0 Å². The van der Waals surface area contributed by atoms with E-state index >= 15 is 0 Å². The number of aromatic nitrogens is 1. The Bertz CT molecular complexity index is 781. The number of benzene rings is 2. The normalized spacial score (nSPS) is 10.8. The molecule has 0 atom stereocenters. The summed E-state index contributed by atoms with van der Waals surface area (Å²) in [5.74, 6) is -0.876. The molecule has 100 valence electrons. The zero-order valence-electron chi connectivity index (χ0n) is 11.2. The molecule has 0 saturated carbocycles. The van der Waals surface area contributed by atoms with Gasteiger partial charge in [0, 0.05) is 18.4 Å². The molecule has 0 aliphatic heterocycles. The second-order valence-corrected chi connectivity index (χ2v) is 4.89. The van der Waals surface area contributed by atoms with E-state index in [-0.39, 0.29) is 0 Å². The molecule has 1 heterocycles. The fraction of sp³-hybridized carbons (Fsp3) is 0.118. The van der Waals surface area contributed by atoms with Gasteiger partial charge in [0.25, 0.3) is 0 Å². The van der Waals surface area contributed by atoms with Crippen molar-refractivity contribution in [2.24, 2.45) is 0 Å². The molecule has 3 heteroatoms. The van der Waals surface area contributed by atoms with Crippen molar-refractivity contribution in [2.45, 2.75) is 13.5 Å². The van der Waals surface area contributed by atoms with Crippen LogP contribution in [0.1, 0.15) is 21.6 Å². The number of carboxylic acids is 1. The van der Waals surface area contributed by atoms with E-state index in [1.54, 1.807) is 6.07 Å². The molecule has 2 aromatic carbocycles. The van der Waals surface area contributed by atoms with E-state index in [1.807, 2.05) is 35.9 Å². The van der Waals surface area contributed by atoms with Gasteiger partial charge in [0.05, 0.1) is 5.56 Å². The maximum absolute atomic E-state index is 11.1. The van der Waals surface area contributed by atoms with Crippen LogP contribution in [0.3, 0.4) is 0 Å². The van der Waals surface area contributed by atoms with Gasteiger partial charge in [-0.2, -0.15) is 0 Å². The standard InChI is InChI=1S/C17H15NO2/c1-12-15(17(19)20)9-10-18(12)11-14-7-4-6-13-5-2-3-8-16(13)14/h2-10H,11H2,1H3,(H,19,20). The first-order valence-corrected chi connectivity index (χ1v) is 6.52. The molecule has 3 aromatic rings. The number of hydrogen-bond donors (Lipinski definition) is 1. The Hall–Kier alpha value is -2.55. The van der Waals surface area contributed by atoms with Crippen LogP contribution in [0.25, 0.3) is 10.8 Å². The van der Waals surface area contributed by atoms with E-state index in [9.17, 15) is 4.79 Å². The predicted octanol–water partition coefficient (Wildman–Crippen LogP) is 3.70. The van der Waals surface area contributed by atoms with Gasteiger partial charge in [-0.15, -0.1) is 0 Å². The van der Waals surface area contributed by atoms with E-state index < -0.39 is 5.97 Å². The van der Waals surface area contributed by atoms with Gasteiger partial charge in [-0.05, 0) is 29.3 Å². The zero-order valence-corrected chi connectivity index (χ0v) is 11.2. The number of nitrogens with zero attached hydrogens (tertiary/aromatic N) is 1. The van der Waals surface area contributed by atoms with E-state index in [1.165, 1.54) is 16.3 Å². The van der Waals surface area contributed by atoms with Crippen molar-refractivity contribution < 1.29 is 9.90 Å². The number of fused-ring (bicyclic) bond motifs is 1. The molecule has 0 unspecified atom stereocenters. The van der Waals surface area contributed by atoms with Gasteiger partial charge >= 0.3 is 5.97 Å². The molecule has 0 saturated heterocycles. The first kappa shape index (κ1) is 12.5. The zero-order chi connectivity index (χ0) is 14.1. The van der Waals surface area contributed by atoms with Crippen LogP contribution in [0, 0.1) is 6.92 Å². The lowest BCUT2D eigenvalue weighted by molar-refractivity contribution is 0.0696. The molecule has 0 fully saturated rings. The first-order chi connectivity index (χ1) is 9.66. The highest BCUT2D eigenvalue weighted by molar-refractivity contribution is 5.89. The lowest BCUT2D eigenvalue weighted by Crippen LogP contribution is -2.04. The summed E-state index contributed by atoms with van der Waals surface area (Å²) in [6.07, 6.45) is 1.83. The molecular formula is C17H15NO2. The smallest absolute Gasteiger partial charge is 0.337 e. The summed E-state index contributed by atoms with van der Waals surface area (Å²) >= 11 is 0. The highest BCUT2D eigenvalue weighted by Crippen LogP contribution is 2.21. The van der Waals surface area contributed by atoms with Crippen LogP contribution in [0.4, 0.5) is 0 Å². The van der Waals surface area contributed by atoms with Crippen LogP contribution >= 0.6 is 0 Å². The fourth-order valence-electron chi connectivity index (χ4n) is 2.56. The molecule has 0 amide bonds. The Morgan fingerprint density at radius 2 is 1.85 bits per heavy atom. The summed E-state index contributed by atoms with van der Waals surface area (Å²) in [4.78, 5) is 11.1. The van der Waals surface area contributed by atoms with Crippen molar-refractivity contribution in [2.75, 3.05) is 0 Å². The minimum atomic E-state index is -0.876. The third kappa shape index (κ3) is 2.07. The van der Waals surface area contributed by atoms with E-state index in [0.29, 0.717) is 12.1 Å². The second kappa shape index (κ2) is 4.85. The summed E-state index contributed by atoms with van der Waals surface area (Å²) in [6.45, 7) is 2.52. The van der Waals surface area contributed by atoms with Crippen LogP contribution < -0.4 is 0 Å². The monoisotopic (exact) mass is 265 g/mol. The Kier molecular flexibility index (Phi) is 3.03. The van der Waals surface area contributed by atoms with E-state index in [0.717, 1.165) is 5.69 Å². The van der Waals surface area contributed by atoms with Gasteiger partial charge in [0.1, 0.15) is 0 Å². The molecule has 1 N–H and O–H groups in total. The van der Waals surface area contributed by atoms with Gasteiger partial charge in [-0.1, -0.05) is 42.5 Å². The maximum atomic E-state index is 11.1. The molecule has 0 bridgehead atoms. The summed E-state index contributed by atoms with van der Waals surface area (Å²) in [7, 11) is 0. The molecule has 3 nitrogen and oxygen atoms in total. The van der Waals surface area contributed by atoms with Gasteiger partial charge in [-0.3, -0.25) is 0 Å². The van der Waals surface area contributed by atoms with E-state index in [4.69, 9.17) is 5.11 Å². The highest BCUT2D eigenvalue weighted by atomic mass is 16.4. The quantitative estimate of drug-likeness (QED) is 0.784. The summed E-state index contributed by atoms with van der Waals surface area (Å²) < 4.78 is 1.98. The lowest BCUT2D eigenvalue weighted by Gasteiger charge is -2.10. The molecule has 0 spiro atoms. The highest BCUT2D eigenvalue weighted by Gasteiger charge is 2.11. The SMILES string of the molecule is Cc1c(C(=O)O)ccn1Cc1cccc2ccccc12.